The molecule has 15 heavy (non-hydrogen) atoms. The predicted octanol–water partition coefficient (Wildman–Crippen LogP) is 3.44. The molecule has 0 aliphatic carbocycles. The quantitative estimate of drug-likeness (QED) is 0.677. The van der Waals surface area contributed by atoms with Crippen LogP contribution in [0.4, 0.5) is 0 Å². The summed E-state index contributed by atoms with van der Waals surface area (Å²) in [6, 6.07) is 0. The van der Waals surface area contributed by atoms with E-state index in [9.17, 15) is 4.79 Å². The number of hydrogen-bond acceptors (Lipinski definition) is 2. The van der Waals surface area contributed by atoms with Gasteiger partial charge in [-0.2, -0.15) is 0 Å². The van der Waals surface area contributed by atoms with Crippen LogP contribution in [-0.4, -0.2) is 18.5 Å². The van der Waals surface area contributed by atoms with Gasteiger partial charge in [-0.3, -0.25) is 4.79 Å². The van der Waals surface area contributed by atoms with Gasteiger partial charge in [-0.15, -0.1) is 0 Å². The van der Waals surface area contributed by atoms with Gasteiger partial charge in [0.25, 0.3) is 0 Å². The molecule has 0 aromatic rings. The standard InChI is InChI=1S/C13H26O2/c1-7-8-15-12(10(2)3)11(14)9-13(4,5)6/h10,12H,7-9H2,1-6H3. The minimum atomic E-state index is -0.218. The fraction of sp³-hybridized carbons (Fsp3) is 0.923. The molecule has 0 fully saturated rings. The third-order valence-electron chi connectivity index (χ3n) is 2.13. The molecule has 0 aromatic heterocycles. The lowest BCUT2D eigenvalue weighted by atomic mass is 9.86. The molecule has 0 saturated carbocycles. The van der Waals surface area contributed by atoms with Crippen LogP contribution < -0.4 is 0 Å². The molecule has 0 aromatic carbocycles. The number of hydrogen-bond donors (Lipinski definition) is 0. The van der Waals surface area contributed by atoms with Crippen LogP contribution in [0.2, 0.25) is 0 Å². The molecular weight excluding hydrogens is 188 g/mol. The van der Waals surface area contributed by atoms with Gasteiger partial charge >= 0.3 is 0 Å². The zero-order valence-corrected chi connectivity index (χ0v) is 11.1. The maximum absolute atomic E-state index is 12.0. The predicted molar refractivity (Wildman–Crippen MR) is 63.9 cm³/mol. The van der Waals surface area contributed by atoms with Crippen molar-refractivity contribution in [2.75, 3.05) is 6.61 Å². The number of carbonyl (C=O) groups excluding carboxylic acids is 1. The van der Waals surface area contributed by atoms with Gasteiger partial charge in [0, 0.05) is 13.0 Å². The SMILES string of the molecule is CCCOC(C(=O)CC(C)(C)C)C(C)C. The molecule has 0 saturated heterocycles. The summed E-state index contributed by atoms with van der Waals surface area (Å²) in [5.74, 6) is 0.511. The highest BCUT2D eigenvalue weighted by molar-refractivity contribution is 5.83. The first kappa shape index (κ1) is 14.6. The van der Waals surface area contributed by atoms with Gasteiger partial charge in [-0.25, -0.2) is 0 Å². The van der Waals surface area contributed by atoms with E-state index in [2.05, 4.69) is 27.7 Å². The van der Waals surface area contributed by atoms with E-state index in [1.165, 1.54) is 0 Å². The molecule has 0 rings (SSSR count). The number of carbonyl (C=O) groups is 1. The maximum atomic E-state index is 12.0. The average molecular weight is 214 g/mol. The van der Waals surface area contributed by atoms with Crippen LogP contribution in [0.3, 0.4) is 0 Å². The highest BCUT2D eigenvalue weighted by Gasteiger charge is 2.26. The van der Waals surface area contributed by atoms with Gasteiger partial charge in [-0.1, -0.05) is 41.5 Å². The Morgan fingerprint density at radius 3 is 2.13 bits per heavy atom. The summed E-state index contributed by atoms with van der Waals surface area (Å²) in [5.41, 5.74) is 0.0554. The normalized spacial score (nSPS) is 14.3. The fourth-order valence-electron chi connectivity index (χ4n) is 1.53. The first-order valence-corrected chi connectivity index (χ1v) is 5.92. The minimum Gasteiger partial charge on any atom is -0.370 e. The lowest BCUT2D eigenvalue weighted by Crippen LogP contribution is -2.32. The first-order valence-electron chi connectivity index (χ1n) is 5.92. The second-order valence-corrected chi connectivity index (χ2v) is 5.74. The van der Waals surface area contributed by atoms with Gasteiger partial charge in [0.15, 0.2) is 5.78 Å². The van der Waals surface area contributed by atoms with Gasteiger partial charge in [0.05, 0.1) is 0 Å². The van der Waals surface area contributed by atoms with Crippen molar-refractivity contribution in [3.63, 3.8) is 0 Å². The van der Waals surface area contributed by atoms with Crippen molar-refractivity contribution < 1.29 is 9.53 Å². The summed E-state index contributed by atoms with van der Waals surface area (Å²) >= 11 is 0. The Morgan fingerprint density at radius 2 is 1.80 bits per heavy atom. The molecule has 0 N–H and O–H groups in total. The van der Waals surface area contributed by atoms with E-state index in [0.717, 1.165) is 6.42 Å². The van der Waals surface area contributed by atoms with E-state index in [4.69, 9.17) is 4.74 Å². The molecule has 2 heteroatoms. The monoisotopic (exact) mass is 214 g/mol. The molecule has 90 valence electrons. The Hall–Kier alpha value is -0.370. The molecule has 0 spiro atoms. The summed E-state index contributed by atoms with van der Waals surface area (Å²) in [6.07, 6.45) is 1.34. The number of ketones is 1. The van der Waals surface area contributed by atoms with Crippen LogP contribution in [0.1, 0.15) is 54.4 Å². The Balaban J connectivity index is 4.29. The lowest BCUT2D eigenvalue weighted by molar-refractivity contribution is -0.135. The summed E-state index contributed by atoms with van der Waals surface area (Å²) in [6.45, 7) is 13.1. The average Bonchev–Trinajstić information content (AvgIpc) is 2.00. The Kier molecular flexibility index (Phi) is 6.11. The molecule has 0 bridgehead atoms. The summed E-state index contributed by atoms with van der Waals surface area (Å²) < 4.78 is 5.61. The Bertz CT molecular complexity index is 189. The van der Waals surface area contributed by atoms with Crippen LogP contribution >= 0.6 is 0 Å². The van der Waals surface area contributed by atoms with Crippen molar-refractivity contribution in [1.82, 2.24) is 0 Å². The van der Waals surface area contributed by atoms with Crippen LogP contribution in [0.15, 0.2) is 0 Å². The van der Waals surface area contributed by atoms with Gasteiger partial charge in [0.1, 0.15) is 6.10 Å². The van der Waals surface area contributed by atoms with Crippen LogP contribution in [0.5, 0.6) is 0 Å². The summed E-state index contributed by atoms with van der Waals surface area (Å²) in [7, 11) is 0. The number of rotatable bonds is 6. The maximum Gasteiger partial charge on any atom is 0.162 e. The van der Waals surface area contributed by atoms with E-state index in [1.54, 1.807) is 0 Å². The summed E-state index contributed by atoms with van der Waals surface area (Å²) in [4.78, 5) is 12.0. The number of Topliss-reactive ketones (excluding diaryl/α,β-unsaturated/α-hetero) is 1. The fourth-order valence-corrected chi connectivity index (χ4v) is 1.53. The molecule has 0 aliphatic heterocycles. The topological polar surface area (TPSA) is 26.3 Å². The molecular formula is C13H26O2. The summed E-state index contributed by atoms with van der Waals surface area (Å²) in [5, 5.41) is 0. The first-order chi connectivity index (χ1) is 6.78. The zero-order chi connectivity index (χ0) is 12.1. The van der Waals surface area contributed by atoms with Gasteiger partial charge < -0.3 is 4.74 Å². The number of ether oxygens (including phenoxy) is 1. The van der Waals surface area contributed by atoms with Crippen molar-refractivity contribution in [2.24, 2.45) is 11.3 Å². The van der Waals surface area contributed by atoms with Gasteiger partial charge in [0.2, 0.25) is 0 Å². The highest BCUT2D eigenvalue weighted by atomic mass is 16.5. The van der Waals surface area contributed by atoms with Crippen molar-refractivity contribution in [1.29, 1.82) is 0 Å². The smallest absolute Gasteiger partial charge is 0.162 e. The molecule has 2 nitrogen and oxygen atoms in total. The van der Waals surface area contributed by atoms with E-state index in [-0.39, 0.29) is 23.2 Å². The third-order valence-corrected chi connectivity index (χ3v) is 2.13. The second-order valence-electron chi connectivity index (χ2n) is 5.74. The minimum absolute atomic E-state index is 0.0554. The second kappa shape index (κ2) is 6.26. The lowest BCUT2D eigenvalue weighted by Gasteiger charge is -2.24. The molecule has 1 unspecified atom stereocenters. The van der Waals surface area contributed by atoms with Crippen LogP contribution in [0, 0.1) is 11.3 Å². The van der Waals surface area contributed by atoms with Gasteiger partial charge in [-0.05, 0) is 17.8 Å². The van der Waals surface area contributed by atoms with Crippen molar-refractivity contribution in [3.8, 4) is 0 Å². The van der Waals surface area contributed by atoms with E-state index in [1.807, 2.05) is 13.8 Å². The van der Waals surface area contributed by atoms with Crippen LogP contribution in [0.25, 0.3) is 0 Å². The molecule has 0 radical (unpaired) electrons. The zero-order valence-electron chi connectivity index (χ0n) is 11.1. The largest absolute Gasteiger partial charge is 0.370 e. The molecule has 0 amide bonds. The van der Waals surface area contributed by atoms with Crippen LogP contribution in [-0.2, 0) is 9.53 Å². The van der Waals surface area contributed by atoms with Crippen molar-refractivity contribution >= 4 is 5.78 Å². The molecule has 0 aliphatic rings. The van der Waals surface area contributed by atoms with Crippen molar-refractivity contribution in [2.45, 2.75) is 60.5 Å². The Morgan fingerprint density at radius 1 is 1.27 bits per heavy atom. The third kappa shape index (κ3) is 6.67. The van der Waals surface area contributed by atoms with E-state index in [0.29, 0.717) is 13.0 Å². The molecule has 0 heterocycles. The van der Waals surface area contributed by atoms with Crippen molar-refractivity contribution in [3.05, 3.63) is 0 Å². The molecule has 1 atom stereocenters. The van der Waals surface area contributed by atoms with E-state index >= 15 is 0 Å². The van der Waals surface area contributed by atoms with E-state index < -0.39 is 0 Å². The highest BCUT2D eigenvalue weighted by Crippen LogP contribution is 2.22. The Labute approximate surface area is 94.4 Å².